The van der Waals surface area contributed by atoms with Crippen molar-refractivity contribution in [1.82, 2.24) is 9.88 Å². The van der Waals surface area contributed by atoms with Gasteiger partial charge in [-0.3, -0.25) is 9.78 Å². The third-order valence-electron chi connectivity index (χ3n) is 5.35. The molecule has 1 fully saturated rings. The van der Waals surface area contributed by atoms with E-state index < -0.39 is 0 Å². The Morgan fingerprint density at radius 2 is 1.83 bits per heavy atom. The number of likely N-dealkylation sites (tertiary alicyclic amines) is 1. The number of nitrogens with zero attached hydrogens (tertiary/aromatic N) is 2. The van der Waals surface area contributed by atoms with E-state index in [1.54, 1.807) is 0 Å². The van der Waals surface area contributed by atoms with E-state index >= 15 is 0 Å². The second-order valence-electron chi connectivity index (χ2n) is 7.56. The van der Waals surface area contributed by atoms with Crippen molar-refractivity contribution in [2.75, 3.05) is 13.2 Å². The van der Waals surface area contributed by atoms with Gasteiger partial charge in [0.25, 0.3) is 5.91 Å². The lowest BCUT2D eigenvalue weighted by molar-refractivity contribution is -0.134. The maximum atomic E-state index is 12.8. The summed E-state index contributed by atoms with van der Waals surface area (Å²) in [5.74, 6) is 0.733. The Bertz CT molecular complexity index is 954. The molecule has 1 saturated heterocycles. The molecule has 1 aromatic heterocycles. The fraction of sp³-hybridized carbons (Fsp3) is 0.280. The summed E-state index contributed by atoms with van der Waals surface area (Å²) in [5, 5.41) is 0. The van der Waals surface area contributed by atoms with Crippen LogP contribution in [-0.4, -0.2) is 28.9 Å². The summed E-state index contributed by atoms with van der Waals surface area (Å²) in [6, 6.07) is 24.2. The number of benzene rings is 2. The average Bonchev–Trinajstić information content (AvgIpc) is 3.25. The number of hydrogen-bond acceptors (Lipinski definition) is 3. The SMILES string of the molecule is Cc1ccc(Cc2cccc([C@H]3CCCN3C(=O)COc3ccccc3)n2)cc1. The van der Waals surface area contributed by atoms with Crippen LogP contribution in [0.1, 0.15) is 41.4 Å². The van der Waals surface area contributed by atoms with Crippen molar-refractivity contribution in [3.63, 3.8) is 0 Å². The quantitative estimate of drug-likeness (QED) is 0.615. The van der Waals surface area contributed by atoms with Gasteiger partial charge >= 0.3 is 0 Å². The lowest BCUT2D eigenvalue weighted by atomic mass is 10.1. The van der Waals surface area contributed by atoms with Crippen molar-refractivity contribution >= 4 is 5.91 Å². The molecule has 2 aromatic carbocycles. The molecule has 0 bridgehead atoms. The zero-order valence-electron chi connectivity index (χ0n) is 16.8. The van der Waals surface area contributed by atoms with Crippen molar-refractivity contribution in [3.05, 3.63) is 95.3 Å². The van der Waals surface area contributed by atoms with Crippen LogP contribution in [0.4, 0.5) is 0 Å². The van der Waals surface area contributed by atoms with Gasteiger partial charge in [-0.15, -0.1) is 0 Å². The molecule has 0 radical (unpaired) electrons. The van der Waals surface area contributed by atoms with Crippen LogP contribution in [0.25, 0.3) is 0 Å². The van der Waals surface area contributed by atoms with Crippen LogP contribution in [0, 0.1) is 6.92 Å². The third-order valence-corrected chi connectivity index (χ3v) is 5.35. The summed E-state index contributed by atoms with van der Waals surface area (Å²) >= 11 is 0. The predicted octanol–water partition coefficient (Wildman–Crippen LogP) is 4.72. The fourth-order valence-corrected chi connectivity index (χ4v) is 3.81. The Morgan fingerprint density at radius 3 is 2.62 bits per heavy atom. The minimum Gasteiger partial charge on any atom is -0.484 e. The first-order valence-electron chi connectivity index (χ1n) is 10.2. The van der Waals surface area contributed by atoms with E-state index in [-0.39, 0.29) is 18.6 Å². The summed E-state index contributed by atoms with van der Waals surface area (Å²) in [7, 11) is 0. The Morgan fingerprint density at radius 1 is 1.03 bits per heavy atom. The predicted molar refractivity (Wildman–Crippen MR) is 114 cm³/mol. The normalized spacial score (nSPS) is 16.0. The molecule has 1 atom stereocenters. The second-order valence-corrected chi connectivity index (χ2v) is 7.56. The first-order chi connectivity index (χ1) is 14.2. The summed E-state index contributed by atoms with van der Waals surface area (Å²) in [5.41, 5.74) is 4.51. The van der Waals surface area contributed by atoms with Gasteiger partial charge in [0.1, 0.15) is 5.75 Å². The van der Waals surface area contributed by atoms with Crippen LogP contribution in [0.5, 0.6) is 5.75 Å². The molecule has 0 spiro atoms. The first kappa shape index (κ1) is 19.2. The molecule has 0 aliphatic carbocycles. The van der Waals surface area contributed by atoms with E-state index in [1.807, 2.05) is 47.4 Å². The van der Waals surface area contributed by atoms with Crippen molar-refractivity contribution < 1.29 is 9.53 Å². The summed E-state index contributed by atoms with van der Waals surface area (Å²) in [6.45, 7) is 2.91. The Hall–Kier alpha value is -3.14. The standard InChI is InChI=1S/C25H26N2O2/c1-19-12-14-20(15-13-19)17-21-7-5-10-23(26-21)24-11-6-16-27(24)25(28)18-29-22-8-3-2-4-9-22/h2-5,7-10,12-15,24H,6,11,16-18H2,1H3/t24-/m1/s1. The minimum atomic E-state index is 0.0158. The van der Waals surface area contributed by atoms with Gasteiger partial charge < -0.3 is 9.64 Å². The van der Waals surface area contributed by atoms with Gasteiger partial charge in [-0.05, 0) is 49.6 Å². The maximum absolute atomic E-state index is 12.8. The van der Waals surface area contributed by atoms with Crippen molar-refractivity contribution in [3.8, 4) is 5.75 Å². The number of rotatable bonds is 6. The number of carbonyl (C=O) groups excluding carboxylic acids is 1. The summed E-state index contributed by atoms with van der Waals surface area (Å²) in [6.07, 6.45) is 2.73. The molecule has 0 N–H and O–H groups in total. The zero-order valence-corrected chi connectivity index (χ0v) is 16.8. The summed E-state index contributed by atoms with van der Waals surface area (Å²) < 4.78 is 5.67. The molecule has 29 heavy (non-hydrogen) atoms. The van der Waals surface area contributed by atoms with E-state index in [1.165, 1.54) is 11.1 Å². The second kappa shape index (κ2) is 8.91. The highest BCUT2D eigenvalue weighted by Gasteiger charge is 2.31. The van der Waals surface area contributed by atoms with Gasteiger partial charge in [0, 0.05) is 18.7 Å². The number of ether oxygens (including phenoxy) is 1. The average molecular weight is 386 g/mol. The molecule has 4 nitrogen and oxygen atoms in total. The van der Waals surface area contributed by atoms with E-state index in [9.17, 15) is 4.79 Å². The fourth-order valence-electron chi connectivity index (χ4n) is 3.81. The van der Waals surface area contributed by atoms with Crippen LogP contribution in [0.15, 0.2) is 72.8 Å². The van der Waals surface area contributed by atoms with E-state index in [4.69, 9.17) is 9.72 Å². The number of para-hydroxylation sites is 1. The molecule has 0 saturated carbocycles. The molecule has 148 valence electrons. The topological polar surface area (TPSA) is 42.4 Å². The molecule has 4 rings (SSSR count). The lowest BCUT2D eigenvalue weighted by Crippen LogP contribution is -2.34. The van der Waals surface area contributed by atoms with Crippen LogP contribution in [-0.2, 0) is 11.2 Å². The molecular weight excluding hydrogens is 360 g/mol. The number of hydrogen-bond donors (Lipinski definition) is 0. The van der Waals surface area contributed by atoms with Gasteiger partial charge in [-0.2, -0.15) is 0 Å². The van der Waals surface area contributed by atoms with Gasteiger partial charge in [-0.25, -0.2) is 0 Å². The first-order valence-corrected chi connectivity index (χ1v) is 10.2. The summed E-state index contributed by atoms with van der Waals surface area (Å²) in [4.78, 5) is 19.6. The molecule has 1 aliphatic heterocycles. The molecule has 0 unspecified atom stereocenters. The number of amides is 1. The van der Waals surface area contributed by atoms with Crippen LogP contribution < -0.4 is 4.74 Å². The van der Waals surface area contributed by atoms with Crippen LogP contribution in [0.2, 0.25) is 0 Å². The third kappa shape index (κ3) is 4.83. The van der Waals surface area contributed by atoms with E-state index in [0.29, 0.717) is 0 Å². The minimum absolute atomic E-state index is 0.0158. The number of aromatic nitrogens is 1. The molecule has 2 heterocycles. The Balaban J connectivity index is 1.44. The maximum Gasteiger partial charge on any atom is 0.261 e. The largest absolute Gasteiger partial charge is 0.484 e. The van der Waals surface area contributed by atoms with Crippen molar-refractivity contribution in [1.29, 1.82) is 0 Å². The van der Waals surface area contributed by atoms with Gasteiger partial charge in [-0.1, -0.05) is 54.1 Å². The van der Waals surface area contributed by atoms with E-state index in [0.717, 1.165) is 42.9 Å². The Kier molecular flexibility index (Phi) is 5.89. The molecule has 4 heteroatoms. The zero-order chi connectivity index (χ0) is 20.1. The van der Waals surface area contributed by atoms with Gasteiger partial charge in [0.15, 0.2) is 6.61 Å². The Labute approximate surface area is 172 Å². The number of aryl methyl sites for hydroxylation is 1. The molecular formula is C25H26N2O2. The molecule has 1 amide bonds. The molecule has 3 aromatic rings. The van der Waals surface area contributed by atoms with Gasteiger partial charge in [0.05, 0.1) is 11.7 Å². The van der Waals surface area contributed by atoms with Crippen LogP contribution in [0.3, 0.4) is 0 Å². The smallest absolute Gasteiger partial charge is 0.261 e. The van der Waals surface area contributed by atoms with E-state index in [2.05, 4.69) is 37.3 Å². The lowest BCUT2D eigenvalue weighted by Gasteiger charge is -2.24. The monoisotopic (exact) mass is 386 g/mol. The highest BCUT2D eigenvalue weighted by atomic mass is 16.5. The number of carbonyl (C=O) groups is 1. The number of pyridine rings is 1. The molecule has 1 aliphatic rings. The van der Waals surface area contributed by atoms with Crippen LogP contribution >= 0.6 is 0 Å². The highest BCUT2D eigenvalue weighted by Crippen LogP contribution is 2.31. The van der Waals surface area contributed by atoms with Crippen molar-refractivity contribution in [2.24, 2.45) is 0 Å². The highest BCUT2D eigenvalue weighted by molar-refractivity contribution is 5.78. The van der Waals surface area contributed by atoms with Crippen molar-refractivity contribution in [2.45, 2.75) is 32.2 Å². The van der Waals surface area contributed by atoms with Gasteiger partial charge in [0.2, 0.25) is 0 Å².